The summed E-state index contributed by atoms with van der Waals surface area (Å²) in [5, 5.41) is 19.2. The van der Waals surface area contributed by atoms with E-state index in [1.54, 1.807) is 0 Å². The summed E-state index contributed by atoms with van der Waals surface area (Å²) in [6.45, 7) is 0. The maximum absolute atomic E-state index is 9.57. The molecule has 0 unspecified atom stereocenters. The number of nitriles is 1. The van der Waals surface area contributed by atoms with Crippen molar-refractivity contribution in [3.05, 3.63) is 145 Å². The third-order valence-electron chi connectivity index (χ3n) is 10.0. The molecule has 0 N–H and O–H groups in total. The first-order valence-electron chi connectivity index (χ1n) is 16.1. The fourth-order valence-corrected chi connectivity index (χ4v) is 7.95. The lowest BCUT2D eigenvalue weighted by atomic mass is 10.0. The minimum absolute atomic E-state index is 0.609. The van der Waals surface area contributed by atoms with Crippen molar-refractivity contribution in [1.82, 2.24) is 18.9 Å². The normalized spacial score (nSPS) is 12.1. The minimum atomic E-state index is 0.609. The molecule has 0 aliphatic rings. The van der Waals surface area contributed by atoms with Crippen LogP contribution >= 0.6 is 0 Å². The molecule has 0 saturated carbocycles. The Balaban J connectivity index is 1.43. The first-order valence-corrected chi connectivity index (χ1v) is 16.1. The molecule has 11 rings (SSSR count). The molecule has 7 aromatic carbocycles. The summed E-state index contributed by atoms with van der Waals surface area (Å²) in [6.07, 6.45) is 0. The van der Waals surface area contributed by atoms with Crippen molar-refractivity contribution in [2.45, 2.75) is 0 Å². The molecule has 220 valence electrons. The summed E-state index contributed by atoms with van der Waals surface area (Å²) in [5.74, 6) is 0.760. The minimum Gasteiger partial charge on any atom is -0.308 e. The second-order valence-corrected chi connectivity index (χ2v) is 12.5. The summed E-state index contributed by atoms with van der Waals surface area (Å²) in [7, 11) is 0. The lowest BCUT2D eigenvalue weighted by Crippen LogP contribution is -2.04. The SMILES string of the molecule is N#Cc1ccc(-c2nc3ccccc3nc2-n2c3cc4ccccc4cc3c3cc4c5ccccc5n5c6ccccc6c(c32)c45)cc1. The number of benzene rings is 7. The molecule has 5 nitrogen and oxygen atoms in total. The van der Waals surface area contributed by atoms with Gasteiger partial charge in [0.2, 0.25) is 0 Å². The third-order valence-corrected chi connectivity index (χ3v) is 10.0. The van der Waals surface area contributed by atoms with Crippen molar-refractivity contribution < 1.29 is 0 Å². The summed E-state index contributed by atoms with van der Waals surface area (Å²) in [4.78, 5) is 10.7. The van der Waals surface area contributed by atoms with Gasteiger partial charge in [-0.2, -0.15) is 5.26 Å². The van der Waals surface area contributed by atoms with E-state index in [0.717, 1.165) is 39.1 Å². The van der Waals surface area contributed by atoms with Crippen molar-refractivity contribution in [2.75, 3.05) is 0 Å². The molecule has 4 heterocycles. The average Bonchev–Trinajstić information content (AvgIpc) is 3.77. The van der Waals surface area contributed by atoms with Crippen LogP contribution in [0.25, 0.3) is 98.8 Å². The van der Waals surface area contributed by atoms with E-state index < -0.39 is 0 Å². The molecule has 0 fully saturated rings. The maximum atomic E-state index is 9.57. The Kier molecular flexibility index (Phi) is 4.85. The highest BCUT2D eigenvalue weighted by Crippen LogP contribution is 2.47. The summed E-state index contributed by atoms with van der Waals surface area (Å²) >= 11 is 0. The van der Waals surface area contributed by atoms with Crippen molar-refractivity contribution >= 4 is 81.7 Å². The van der Waals surface area contributed by atoms with Crippen LogP contribution in [0.3, 0.4) is 0 Å². The van der Waals surface area contributed by atoms with E-state index in [2.05, 4.69) is 106 Å². The van der Waals surface area contributed by atoms with Gasteiger partial charge in [-0.05, 0) is 65.4 Å². The zero-order valence-electron chi connectivity index (χ0n) is 25.5. The first-order chi connectivity index (χ1) is 23.8. The topological polar surface area (TPSA) is 58.9 Å². The molecular formula is C43H23N5. The number of rotatable bonds is 2. The van der Waals surface area contributed by atoms with E-state index in [1.807, 2.05) is 48.5 Å². The van der Waals surface area contributed by atoms with Gasteiger partial charge in [0.1, 0.15) is 5.69 Å². The highest BCUT2D eigenvalue weighted by molar-refractivity contribution is 6.34. The van der Waals surface area contributed by atoms with Crippen LogP contribution in [-0.2, 0) is 0 Å². The van der Waals surface area contributed by atoms with Gasteiger partial charge in [-0.1, -0.05) is 84.9 Å². The highest BCUT2D eigenvalue weighted by Gasteiger charge is 2.26. The summed E-state index contributed by atoms with van der Waals surface area (Å²) in [5.41, 5.74) is 9.73. The van der Waals surface area contributed by atoms with Crippen LogP contribution in [0.2, 0.25) is 0 Å². The number of para-hydroxylation sites is 4. The van der Waals surface area contributed by atoms with E-state index in [-0.39, 0.29) is 0 Å². The van der Waals surface area contributed by atoms with E-state index in [4.69, 9.17) is 9.97 Å². The standard InChI is InChI=1S/C43H23N5/c44-24-25-17-19-26(20-18-25)40-43(46-35-14-6-5-13-34(35)45-40)48-38-22-28-10-2-1-9-27(28)21-31(38)33-23-32-29-11-3-7-15-36(29)47-37-16-8-4-12-30(37)39(41(32)47)42(33)48/h1-23H. The average molecular weight is 610 g/mol. The number of hydrogen-bond acceptors (Lipinski definition) is 3. The number of aromatic nitrogens is 4. The first kappa shape index (κ1) is 25.4. The zero-order chi connectivity index (χ0) is 31.5. The second kappa shape index (κ2) is 9.16. The molecule has 0 aliphatic carbocycles. The van der Waals surface area contributed by atoms with Crippen LogP contribution in [0.15, 0.2) is 140 Å². The smallest absolute Gasteiger partial charge is 0.165 e. The van der Waals surface area contributed by atoms with E-state index in [9.17, 15) is 5.26 Å². The highest BCUT2D eigenvalue weighted by atomic mass is 15.1. The molecule has 0 aliphatic heterocycles. The van der Waals surface area contributed by atoms with E-state index in [0.29, 0.717) is 5.56 Å². The Hall–Kier alpha value is -6.77. The van der Waals surface area contributed by atoms with Gasteiger partial charge in [-0.15, -0.1) is 0 Å². The fraction of sp³-hybridized carbons (Fsp3) is 0. The van der Waals surface area contributed by atoms with E-state index in [1.165, 1.54) is 59.6 Å². The van der Waals surface area contributed by atoms with E-state index >= 15 is 0 Å². The Labute approximate surface area is 273 Å². The van der Waals surface area contributed by atoms with Crippen molar-refractivity contribution in [1.29, 1.82) is 5.26 Å². The van der Waals surface area contributed by atoms with Gasteiger partial charge in [0.05, 0.1) is 50.2 Å². The van der Waals surface area contributed by atoms with Gasteiger partial charge in [0.25, 0.3) is 0 Å². The number of hydrogen-bond donors (Lipinski definition) is 0. The number of nitrogens with zero attached hydrogens (tertiary/aromatic N) is 5. The van der Waals surface area contributed by atoms with Crippen LogP contribution in [0.5, 0.6) is 0 Å². The molecule has 5 heteroatoms. The second-order valence-electron chi connectivity index (χ2n) is 12.5. The summed E-state index contributed by atoms with van der Waals surface area (Å²) < 4.78 is 4.78. The monoisotopic (exact) mass is 609 g/mol. The molecule has 0 amide bonds. The largest absolute Gasteiger partial charge is 0.308 e. The third kappa shape index (κ3) is 3.23. The Morgan fingerprint density at radius 2 is 1.12 bits per heavy atom. The molecule has 0 radical (unpaired) electrons. The van der Waals surface area contributed by atoms with Crippen LogP contribution in [0.1, 0.15) is 5.56 Å². The lowest BCUT2D eigenvalue weighted by Gasteiger charge is -2.14. The van der Waals surface area contributed by atoms with Crippen molar-refractivity contribution in [3.8, 4) is 23.1 Å². The molecular weight excluding hydrogens is 587 g/mol. The fourth-order valence-electron chi connectivity index (χ4n) is 7.95. The van der Waals surface area contributed by atoms with Gasteiger partial charge >= 0.3 is 0 Å². The molecule has 0 spiro atoms. The van der Waals surface area contributed by atoms with Crippen molar-refractivity contribution in [2.24, 2.45) is 0 Å². The molecule has 48 heavy (non-hydrogen) atoms. The molecule has 0 saturated heterocycles. The predicted octanol–water partition coefficient (Wildman–Crippen LogP) is 10.6. The Morgan fingerprint density at radius 3 is 1.90 bits per heavy atom. The molecule has 0 atom stereocenters. The Bertz CT molecular complexity index is 3170. The van der Waals surface area contributed by atoms with Crippen LogP contribution in [-0.4, -0.2) is 18.9 Å². The quantitative estimate of drug-likeness (QED) is 0.196. The van der Waals surface area contributed by atoms with Gasteiger partial charge in [0, 0.05) is 37.9 Å². The van der Waals surface area contributed by atoms with Gasteiger partial charge < -0.3 is 4.40 Å². The van der Waals surface area contributed by atoms with Crippen LogP contribution in [0, 0.1) is 11.3 Å². The van der Waals surface area contributed by atoms with Gasteiger partial charge in [-0.25, -0.2) is 9.97 Å². The Morgan fingerprint density at radius 1 is 0.500 bits per heavy atom. The zero-order valence-corrected chi connectivity index (χ0v) is 25.5. The lowest BCUT2D eigenvalue weighted by molar-refractivity contribution is 1.08. The molecule has 4 aromatic heterocycles. The maximum Gasteiger partial charge on any atom is 0.165 e. The predicted molar refractivity (Wildman–Crippen MR) is 196 cm³/mol. The molecule has 11 aromatic rings. The van der Waals surface area contributed by atoms with Crippen LogP contribution < -0.4 is 0 Å². The summed E-state index contributed by atoms with van der Waals surface area (Å²) in [6, 6.07) is 51.0. The number of fused-ring (bicyclic) bond motifs is 12. The van der Waals surface area contributed by atoms with Gasteiger partial charge in [0.15, 0.2) is 5.82 Å². The van der Waals surface area contributed by atoms with Gasteiger partial charge in [-0.3, -0.25) is 4.57 Å². The van der Waals surface area contributed by atoms with Crippen molar-refractivity contribution in [3.63, 3.8) is 0 Å². The molecule has 0 bridgehead atoms. The van der Waals surface area contributed by atoms with Crippen LogP contribution in [0.4, 0.5) is 0 Å².